The highest BCUT2D eigenvalue weighted by molar-refractivity contribution is 6.04. The third kappa shape index (κ3) is 4.86. The normalized spacial score (nSPS) is 12.2. The van der Waals surface area contributed by atoms with Crippen molar-refractivity contribution in [2.24, 2.45) is 0 Å². The van der Waals surface area contributed by atoms with Crippen molar-refractivity contribution in [1.82, 2.24) is 0 Å². The molecular formula is C25H25N3O3. The molecule has 0 saturated heterocycles. The number of para-hydroxylation sites is 1. The van der Waals surface area contributed by atoms with E-state index in [0.29, 0.717) is 24.4 Å². The van der Waals surface area contributed by atoms with Crippen LogP contribution in [-0.4, -0.2) is 31.5 Å². The number of carbonyl (C=O) groups is 2. The summed E-state index contributed by atoms with van der Waals surface area (Å²) in [5.74, 6) is 0.602. The number of fused-ring (bicyclic) bond motifs is 1. The van der Waals surface area contributed by atoms with Crippen LogP contribution in [0.15, 0.2) is 72.8 Å². The summed E-state index contributed by atoms with van der Waals surface area (Å²) in [5, 5.41) is 6.02. The summed E-state index contributed by atoms with van der Waals surface area (Å²) in [6.45, 7) is 3.44. The molecular weight excluding hydrogens is 390 g/mol. The molecule has 3 aromatic carbocycles. The van der Waals surface area contributed by atoms with E-state index in [1.165, 1.54) is 5.56 Å². The second-order valence-corrected chi connectivity index (χ2v) is 7.27. The zero-order valence-corrected chi connectivity index (χ0v) is 17.4. The average Bonchev–Trinajstić information content (AvgIpc) is 3.23. The van der Waals surface area contributed by atoms with Gasteiger partial charge in [0.05, 0.1) is 13.2 Å². The first-order valence-electron chi connectivity index (χ1n) is 10.4. The molecule has 0 atom stereocenters. The van der Waals surface area contributed by atoms with E-state index in [1.807, 2.05) is 42.2 Å². The third-order valence-electron chi connectivity index (χ3n) is 5.20. The fourth-order valence-electron chi connectivity index (χ4n) is 3.61. The number of hydrogen-bond acceptors (Lipinski definition) is 4. The maximum Gasteiger partial charge on any atom is 0.255 e. The van der Waals surface area contributed by atoms with Gasteiger partial charge in [-0.05, 0) is 73.5 Å². The van der Waals surface area contributed by atoms with Crippen LogP contribution in [0, 0.1) is 0 Å². The number of anilines is 3. The average molecular weight is 415 g/mol. The predicted octanol–water partition coefficient (Wildman–Crippen LogP) is 4.34. The number of amides is 2. The second kappa shape index (κ2) is 9.34. The molecule has 0 aromatic heterocycles. The van der Waals surface area contributed by atoms with Crippen LogP contribution in [0.1, 0.15) is 22.8 Å². The minimum absolute atomic E-state index is 0.0299. The first-order chi connectivity index (χ1) is 15.1. The molecule has 0 aliphatic carbocycles. The van der Waals surface area contributed by atoms with E-state index in [2.05, 4.69) is 16.7 Å². The first-order valence-corrected chi connectivity index (χ1v) is 10.4. The molecule has 1 heterocycles. The molecule has 4 rings (SSSR count). The second-order valence-electron chi connectivity index (χ2n) is 7.27. The maximum absolute atomic E-state index is 12.6. The van der Waals surface area contributed by atoms with E-state index < -0.39 is 0 Å². The van der Waals surface area contributed by atoms with Crippen LogP contribution in [0.25, 0.3) is 0 Å². The van der Waals surface area contributed by atoms with Crippen molar-refractivity contribution in [2.45, 2.75) is 13.3 Å². The molecule has 0 unspecified atom stereocenters. The Kier molecular flexibility index (Phi) is 6.17. The number of carbonyl (C=O) groups excluding carboxylic acids is 2. The van der Waals surface area contributed by atoms with Crippen LogP contribution in [-0.2, 0) is 11.2 Å². The van der Waals surface area contributed by atoms with Gasteiger partial charge in [0, 0.05) is 29.2 Å². The zero-order chi connectivity index (χ0) is 21.6. The molecule has 6 heteroatoms. The van der Waals surface area contributed by atoms with Gasteiger partial charge < -0.3 is 20.3 Å². The van der Waals surface area contributed by atoms with Crippen LogP contribution >= 0.6 is 0 Å². The Bertz CT molecular complexity index is 1060. The summed E-state index contributed by atoms with van der Waals surface area (Å²) in [6, 6.07) is 22.3. The zero-order valence-electron chi connectivity index (χ0n) is 17.4. The Morgan fingerprint density at radius 3 is 2.39 bits per heavy atom. The lowest BCUT2D eigenvalue weighted by Gasteiger charge is -2.18. The molecule has 0 radical (unpaired) electrons. The van der Waals surface area contributed by atoms with Gasteiger partial charge in [0.25, 0.3) is 5.91 Å². The predicted molar refractivity (Wildman–Crippen MR) is 123 cm³/mol. The van der Waals surface area contributed by atoms with E-state index >= 15 is 0 Å². The molecule has 1 aliphatic heterocycles. The van der Waals surface area contributed by atoms with Crippen molar-refractivity contribution < 1.29 is 14.3 Å². The van der Waals surface area contributed by atoms with Crippen molar-refractivity contribution >= 4 is 28.9 Å². The molecule has 0 fully saturated rings. The lowest BCUT2D eigenvalue weighted by atomic mass is 10.2. The Hall–Kier alpha value is -3.80. The highest BCUT2D eigenvalue weighted by Gasteiger charge is 2.23. The quantitative estimate of drug-likeness (QED) is 0.602. The molecule has 31 heavy (non-hydrogen) atoms. The molecule has 2 N–H and O–H groups in total. The summed E-state index contributed by atoms with van der Waals surface area (Å²) in [6.07, 6.45) is 0.889. The lowest BCUT2D eigenvalue weighted by Crippen LogP contribution is -2.34. The standard InChI is InChI=1S/C25H25N3O3/c1-2-31-22-13-11-21(12-14-22)27-25(30)19-7-9-20(10-8-19)26-17-24(29)28-16-15-18-5-3-4-6-23(18)28/h3-14,26H,2,15-17H2,1H3,(H,27,30). The van der Waals surface area contributed by atoms with E-state index in [4.69, 9.17) is 4.74 Å². The third-order valence-corrected chi connectivity index (χ3v) is 5.20. The van der Waals surface area contributed by atoms with Gasteiger partial charge in [-0.25, -0.2) is 0 Å². The van der Waals surface area contributed by atoms with Crippen molar-refractivity contribution in [2.75, 3.05) is 35.2 Å². The lowest BCUT2D eigenvalue weighted by molar-refractivity contribution is -0.116. The SMILES string of the molecule is CCOc1ccc(NC(=O)c2ccc(NCC(=O)N3CCc4ccccc43)cc2)cc1. The Morgan fingerprint density at radius 2 is 1.65 bits per heavy atom. The fourth-order valence-corrected chi connectivity index (χ4v) is 3.61. The number of hydrogen-bond donors (Lipinski definition) is 2. The minimum Gasteiger partial charge on any atom is -0.494 e. The Morgan fingerprint density at radius 1 is 0.935 bits per heavy atom. The van der Waals surface area contributed by atoms with Gasteiger partial charge in [-0.3, -0.25) is 9.59 Å². The smallest absolute Gasteiger partial charge is 0.255 e. The topological polar surface area (TPSA) is 70.7 Å². The fraction of sp³-hybridized carbons (Fsp3) is 0.200. The summed E-state index contributed by atoms with van der Waals surface area (Å²) >= 11 is 0. The van der Waals surface area contributed by atoms with E-state index in [0.717, 1.165) is 23.5 Å². The number of nitrogens with one attached hydrogen (secondary N) is 2. The number of nitrogens with zero attached hydrogens (tertiary/aromatic N) is 1. The van der Waals surface area contributed by atoms with Crippen LogP contribution < -0.4 is 20.3 Å². The summed E-state index contributed by atoms with van der Waals surface area (Å²) in [5.41, 5.74) is 4.24. The maximum atomic E-state index is 12.6. The number of benzene rings is 3. The van der Waals surface area contributed by atoms with Crippen LogP contribution in [0.3, 0.4) is 0 Å². The van der Waals surface area contributed by atoms with Gasteiger partial charge in [0.2, 0.25) is 5.91 Å². The number of ether oxygens (including phenoxy) is 1. The Labute approximate surface area is 181 Å². The summed E-state index contributed by atoms with van der Waals surface area (Å²) in [4.78, 5) is 26.9. The van der Waals surface area contributed by atoms with E-state index in [-0.39, 0.29) is 18.4 Å². The molecule has 3 aromatic rings. The van der Waals surface area contributed by atoms with Gasteiger partial charge in [-0.2, -0.15) is 0 Å². The van der Waals surface area contributed by atoms with Crippen molar-refractivity contribution in [3.63, 3.8) is 0 Å². The number of rotatable bonds is 7. The molecule has 0 spiro atoms. The van der Waals surface area contributed by atoms with Crippen LogP contribution in [0.5, 0.6) is 5.75 Å². The highest BCUT2D eigenvalue weighted by Crippen LogP contribution is 2.27. The monoisotopic (exact) mass is 415 g/mol. The largest absolute Gasteiger partial charge is 0.494 e. The summed E-state index contributed by atoms with van der Waals surface area (Å²) < 4.78 is 5.41. The first kappa shape index (κ1) is 20.5. The summed E-state index contributed by atoms with van der Waals surface area (Å²) in [7, 11) is 0. The van der Waals surface area contributed by atoms with Crippen LogP contribution in [0.2, 0.25) is 0 Å². The van der Waals surface area contributed by atoms with Crippen molar-refractivity contribution in [1.29, 1.82) is 0 Å². The van der Waals surface area contributed by atoms with Gasteiger partial charge in [0.15, 0.2) is 0 Å². The molecule has 0 bridgehead atoms. The van der Waals surface area contributed by atoms with Gasteiger partial charge in [-0.15, -0.1) is 0 Å². The highest BCUT2D eigenvalue weighted by atomic mass is 16.5. The molecule has 158 valence electrons. The molecule has 1 aliphatic rings. The van der Waals surface area contributed by atoms with Gasteiger partial charge in [0.1, 0.15) is 5.75 Å². The van der Waals surface area contributed by atoms with E-state index in [9.17, 15) is 9.59 Å². The van der Waals surface area contributed by atoms with Crippen molar-refractivity contribution in [3.05, 3.63) is 83.9 Å². The van der Waals surface area contributed by atoms with Crippen molar-refractivity contribution in [3.8, 4) is 5.75 Å². The Balaban J connectivity index is 1.31. The van der Waals surface area contributed by atoms with Gasteiger partial charge in [-0.1, -0.05) is 18.2 Å². The molecule has 0 saturated carbocycles. The molecule has 6 nitrogen and oxygen atoms in total. The van der Waals surface area contributed by atoms with Crippen LogP contribution in [0.4, 0.5) is 17.1 Å². The molecule has 2 amide bonds. The van der Waals surface area contributed by atoms with E-state index in [1.54, 1.807) is 36.4 Å². The van der Waals surface area contributed by atoms with Gasteiger partial charge >= 0.3 is 0 Å². The minimum atomic E-state index is -0.194.